The first-order valence-electron chi connectivity index (χ1n) is 7.41. The number of piperidine rings is 1. The lowest BCUT2D eigenvalue weighted by atomic mass is 9.82. The molecule has 0 bridgehead atoms. The predicted molar refractivity (Wildman–Crippen MR) is 79.3 cm³/mol. The lowest BCUT2D eigenvalue weighted by molar-refractivity contribution is -0.0511. The summed E-state index contributed by atoms with van der Waals surface area (Å²) in [5, 5.41) is 9.51. The molecule has 1 fully saturated rings. The Morgan fingerprint density at radius 1 is 1.41 bits per heavy atom. The summed E-state index contributed by atoms with van der Waals surface area (Å²) in [7, 11) is 1.48. The Labute approximate surface area is 129 Å². The molecule has 1 saturated heterocycles. The van der Waals surface area contributed by atoms with Gasteiger partial charge in [-0.25, -0.2) is 0 Å². The van der Waals surface area contributed by atoms with Crippen LogP contribution in [0, 0.1) is 5.41 Å². The van der Waals surface area contributed by atoms with Crippen LogP contribution < -0.4 is 9.47 Å². The van der Waals surface area contributed by atoms with Crippen LogP contribution in [0.3, 0.4) is 0 Å². The fraction of sp³-hybridized carbons (Fsp3) is 0.625. The van der Waals surface area contributed by atoms with E-state index >= 15 is 0 Å². The van der Waals surface area contributed by atoms with Crippen LogP contribution in [-0.4, -0.2) is 43.4 Å². The average Bonchev–Trinajstić information content (AvgIpc) is 2.48. The van der Waals surface area contributed by atoms with E-state index in [0.29, 0.717) is 17.9 Å². The van der Waals surface area contributed by atoms with E-state index in [1.54, 1.807) is 12.1 Å². The van der Waals surface area contributed by atoms with Crippen molar-refractivity contribution in [3.8, 4) is 11.5 Å². The maximum Gasteiger partial charge on any atom is 0.387 e. The fourth-order valence-electron chi connectivity index (χ4n) is 2.93. The van der Waals surface area contributed by atoms with Crippen molar-refractivity contribution in [3.05, 3.63) is 23.8 Å². The van der Waals surface area contributed by atoms with Gasteiger partial charge in [-0.05, 0) is 25.5 Å². The first-order valence-corrected chi connectivity index (χ1v) is 7.41. The van der Waals surface area contributed by atoms with E-state index in [-0.39, 0.29) is 17.8 Å². The minimum atomic E-state index is -2.87. The fourth-order valence-corrected chi connectivity index (χ4v) is 2.93. The average molecular weight is 315 g/mol. The number of ether oxygens (including phenoxy) is 2. The SMILES string of the molecule is COc1ccc(CN2CCCC(C)(CO)C2)c(OC(F)F)c1. The number of aliphatic hydroxyl groups is 1. The number of hydrogen-bond acceptors (Lipinski definition) is 4. The zero-order valence-electron chi connectivity index (χ0n) is 13.0. The molecule has 0 spiro atoms. The summed E-state index contributed by atoms with van der Waals surface area (Å²) in [6, 6.07) is 4.97. The zero-order valence-corrected chi connectivity index (χ0v) is 13.0. The molecule has 0 amide bonds. The van der Waals surface area contributed by atoms with Crippen LogP contribution >= 0.6 is 0 Å². The molecule has 0 aromatic heterocycles. The normalized spacial score (nSPS) is 22.8. The quantitative estimate of drug-likeness (QED) is 0.876. The van der Waals surface area contributed by atoms with E-state index in [4.69, 9.17) is 4.74 Å². The number of halogens is 2. The standard InChI is InChI=1S/C16H23F2NO3/c1-16(11-20)6-3-7-19(10-16)9-12-4-5-13(21-2)8-14(12)22-15(17)18/h4-5,8,15,20H,3,6-7,9-11H2,1-2H3. The van der Waals surface area contributed by atoms with E-state index in [9.17, 15) is 13.9 Å². The minimum Gasteiger partial charge on any atom is -0.497 e. The van der Waals surface area contributed by atoms with Crippen molar-refractivity contribution in [1.82, 2.24) is 4.90 Å². The lowest BCUT2D eigenvalue weighted by Gasteiger charge is -2.39. The molecule has 1 N–H and O–H groups in total. The number of benzene rings is 1. The van der Waals surface area contributed by atoms with Crippen LogP contribution in [0.1, 0.15) is 25.3 Å². The topological polar surface area (TPSA) is 41.9 Å². The van der Waals surface area contributed by atoms with Crippen LogP contribution in [0.2, 0.25) is 0 Å². The van der Waals surface area contributed by atoms with Gasteiger partial charge in [0.25, 0.3) is 0 Å². The third-order valence-electron chi connectivity index (χ3n) is 4.13. The molecule has 1 aromatic rings. The van der Waals surface area contributed by atoms with Crippen molar-refractivity contribution < 1.29 is 23.4 Å². The van der Waals surface area contributed by atoms with Crippen molar-refractivity contribution in [1.29, 1.82) is 0 Å². The van der Waals surface area contributed by atoms with Gasteiger partial charge in [0.15, 0.2) is 0 Å². The van der Waals surface area contributed by atoms with Gasteiger partial charge < -0.3 is 14.6 Å². The van der Waals surface area contributed by atoms with Crippen molar-refractivity contribution in [2.45, 2.75) is 32.9 Å². The summed E-state index contributed by atoms with van der Waals surface area (Å²) in [4.78, 5) is 2.17. The lowest BCUT2D eigenvalue weighted by Crippen LogP contribution is -2.43. The molecule has 1 heterocycles. The summed E-state index contributed by atoms with van der Waals surface area (Å²) < 4.78 is 34.8. The molecule has 1 aromatic carbocycles. The molecule has 1 atom stereocenters. The summed E-state index contributed by atoms with van der Waals surface area (Å²) in [6.45, 7) is 1.45. The van der Waals surface area contributed by atoms with Crippen LogP contribution in [0.25, 0.3) is 0 Å². The van der Waals surface area contributed by atoms with Gasteiger partial charge in [-0.15, -0.1) is 0 Å². The van der Waals surface area contributed by atoms with Crippen molar-refractivity contribution in [2.24, 2.45) is 5.41 Å². The molecule has 6 heteroatoms. The summed E-state index contributed by atoms with van der Waals surface area (Å²) in [5.74, 6) is 0.629. The van der Waals surface area contributed by atoms with Crippen molar-refractivity contribution >= 4 is 0 Å². The van der Waals surface area contributed by atoms with Crippen LogP contribution in [0.5, 0.6) is 11.5 Å². The van der Waals surface area contributed by atoms with Gasteiger partial charge in [-0.3, -0.25) is 4.90 Å². The minimum absolute atomic E-state index is 0.131. The van der Waals surface area contributed by atoms with E-state index < -0.39 is 6.61 Å². The second-order valence-corrected chi connectivity index (χ2v) is 6.14. The molecule has 4 nitrogen and oxygen atoms in total. The number of methoxy groups -OCH3 is 1. The number of likely N-dealkylation sites (tertiary alicyclic amines) is 1. The zero-order chi connectivity index (χ0) is 16.2. The molecule has 1 aliphatic heterocycles. The summed E-state index contributed by atoms with van der Waals surface area (Å²) in [6.07, 6.45) is 1.96. The van der Waals surface area contributed by atoms with Gasteiger partial charge in [0.2, 0.25) is 0 Å². The Morgan fingerprint density at radius 3 is 2.82 bits per heavy atom. The highest BCUT2D eigenvalue weighted by Crippen LogP contribution is 2.32. The van der Waals surface area contributed by atoms with E-state index in [1.807, 2.05) is 6.92 Å². The number of aliphatic hydroxyl groups excluding tert-OH is 1. The van der Waals surface area contributed by atoms with Crippen LogP contribution in [-0.2, 0) is 6.54 Å². The summed E-state index contributed by atoms with van der Waals surface area (Å²) >= 11 is 0. The number of alkyl halides is 2. The van der Waals surface area contributed by atoms with Crippen molar-refractivity contribution in [3.63, 3.8) is 0 Å². The third kappa shape index (κ3) is 4.30. The van der Waals surface area contributed by atoms with Gasteiger partial charge in [-0.2, -0.15) is 8.78 Å². The maximum atomic E-state index is 12.6. The van der Waals surface area contributed by atoms with Gasteiger partial charge in [0.1, 0.15) is 11.5 Å². The van der Waals surface area contributed by atoms with Crippen LogP contribution in [0.4, 0.5) is 8.78 Å². The van der Waals surface area contributed by atoms with Gasteiger partial charge in [0, 0.05) is 36.7 Å². The Balaban J connectivity index is 2.14. The summed E-state index contributed by atoms with van der Waals surface area (Å²) in [5.41, 5.74) is 0.567. The Bertz CT molecular complexity index is 498. The van der Waals surface area contributed by atoms with Gasteiger partial charge in [0.05, 0.1) is 7.11 Å². The second-order valence-electron chi connectivity index (χ2n) is 6.14. The number of hydrogen-bond donors (Lipinski definition) is 1. The molecule has 0 radical (unpaired) electrons. The van der Waals surface area contributed by atoms with Crippen molar-refractivity contribution in [2.75, 3.05) is 26.8 Å². The maximum absolute atomic E-state index is 12.6. The van der Waals surface area contributed by atoms with Crippen LogP contribution in [0.15, 0.2) is 18.2 Å². The molecule has 2 rings (SSSR count). The molecule has 22 heavy (non-hydrogen) atoms. The molecule has 1 unspecified atom stereocenters. The monoisotopic (exact) mass is 315 g/mol. The Morgan fingerprint density at radius 2 is 2.18 bits per heavy atom. The highest BCUT2D eigenvalue weighted by Gasteiger charge is 2.30. The Hall–Kier alpha value is -1.40. The number of nitrogens with zero attached hydrogens (tertiary/aromatic N) is 1. The van der Waals surface area contributed by atoms with E-state index in [0.717, 1.165) is 25.9 Å². The first-order chi connectivity index (χ1) is 10.5. The second kappa shape index (κ2) is 7.24. The van der Waals surface area contributed by atoms with Gasteiger partial charge >= 0.3 is 6.61 Å². The molecule has 1 aliphatic rings. The number of rotatable bonds is 6. The largest absolute Gasteiger partial charge is 0.497 e. The first kappa shape index (κ1) is 17.0. The predicted octanol–water partition coefficient (Wildman–Crippen LogP) is 2.89. The molecular weight excluding hydrogens is 292 g/mol. The molecule has 124 valence electrons. The van der Waals surface area contributed by atoms with E-state index in [2.05, 4.69) is 9.64 Å². The Kier molecular flexibility index (Phi) is 5.58. The van der Waals surface area contributed by atoms with Gasteiger partial charge in [-0.1, -0.05) is 13.0 Å². The highest BCUT2D eigenvalue weighted by atomic mass is 19.3. The third-order valence-corrected chi connectivity index (χ3v) is 4.13. The molecule has 0 aliphatic carbocycles. The molecule has 0 saturated carbocycles. The van der Waals surface area contributed by atoms with E-state index in [1.165, 1.54) is 13.2 Å². The highest BCUT2D eigenvalue weighted by molar-refractivity contribution is 5.40. The smallest absolute Gasteiger partial charge is 0.387 e. The molecular formula is C16H23F2NO3.